The van der Waals surface area contributed by atoms with Gasteiger partial charge in [-0.3, -0.25) is 4.98 Å². The predicted molar refractivity (Wildman–Crippen MR) is 71.5 cm³/mol. The number of halogens is 3. The largest absolute Gasteiger partial charge is 0.310 e. The lowest BCUT2D eigenvalue weighted by Gasteiger charge is -2.10. The summed E-state index contributed by atoms with van der Waals surface area (Å²) < 4.78 is 39.9. The molecule has 0 aliphatic heterocycles. The van der Waals surface area contributed by atoms with Gasteiger partial charge in [0, 0.05) is 42.2 Å². The lowest BCUT2D eigenvalue weighted by Crippen LogP contribution is -2.21. The van der Waals surface area contributed by atoms with E-state index in [0.717, 1.165) is 11.6 Å². The van der Waals surface area contributed by atoms with Crippen LogP contribution in [0.5, 0.6) is 0 Å². The fraction of sp³-hybridized carbons (Fsp3) is 0.267. The monoisotopic (exact) mass is 280 g/mol. The first-order chi connectivity index (χ1) is 9.47. The highest BCUT2D eigenvalue weighted by Gasteiger charge is 2.12. The van der Waals surface area contributed by atoms with Crippen molar-refractivity contribution < 1.29 is 13.2 Å². The van der Waals surface area contributed by atoms with Gasteiger partial charge in [-0.15, -0.1) is 0 Å². The first kappa shape index (κ1) is 14.5. The van der Waals surface area contributed by atoms with E-state index in [-0.39, 0.29) is 5.56 Å². The second kappa shape index (κ2) is 6.05. The molecule has 2 nitrogen and oxygen atoms in total. The first-order valence-corrected chi connectivity index (χ1v) is 6.29. The van der Waals surface area contributed by atoms with Crippen LogP contribution in [0.25, 0.3) is 11.1 Å². The molecular formula is C15H15F3N2. The molecule has 0 spiro atoms. The number of hydrogen-bond acceptors (Lipinski definition) is 2. The van der Waals surface area contributed by atoms with Crippen LogP contribution in [0.3, 0.4) is 0 Å². The van der Waals surface area contributed by atoms with E-state index in [1.54, 1.807) is 12.3 Å². The van der Waals surface area contributed by atoms with Gasteiger partial charge in [0.2, 0.25) is 0 Å². The zero-order valence-electron chi connectivity index (χ0n) is 11.3. The molecule has 0 aliphatic rings. The van der Waals surface area contributed by atoms with E-state index in [4.69, 9.17) is 0 Å². The Morgan fingerprint density at radius 1 is 1.00 bits per heavy atom. The maximum absolute atomic E-state index is 13.7. The van der Waals surface area contributed by atoms with Crippen molar-refractivity contribution in [3.05, 3.63) is 53.6 Å². The van der Waals surface area contributed by atoms with E-state index >= 15 is 0 Å². The minimum atomic E-state index is -1.20. The average Bonchev–Trinajstić information content (AvgIpc) is 2.41. The molecule has 2 aromatic rings. The van der Waals surface area contributed by atoms with Crippen LogP contribution in [0.1, 0.15) is 19.4 Å². The molecule has 0 bridgehead atoms. The van der Waals surface area contributed by atoms with E-state index in [9.17, 15) is 13.2 Å². The van der Waals surface area contributed by atoms with E-state index in [2.05, 4.69) is 10.3 Å². The maximum Gasteiger partial charge on any atom is 0.161 e. The molecule has 106 valence electrons. The standard InChI is InChI=1S/C15H15F3N2/c1-9(2)20-7-10-3-11(8-19-6-10)12-4-14(17)15(18)5-13(12)16/h3-6,8-9,20H,7H2,1-2H3. The Labute approximate surface area is 115 Å². The summed E-state index contributed by atoms with van der Waals surface area (Å²) in [4.78, 5) is 4.01. The Bertz CT molecular complexity index is 612. The molecule has 0 unspecified atom stereocenters. The maximum atomic E-state index is 13.7. The van der Waals surface area contributed by atoms with Gasteiger partial charge in [-0.25, -0.2) is 13.2 Å². The Hall–Kier alpha value is -1.88. The highest BCUT2D eigenvalue weighted by molar-refractivity contribution is 5.63. The second-order valence-corrected chi connectivity index (χ2v) is 4.86. The third kappa shape index (κ3) is 3.36. The molecule has 1 N–H and O–H groups in total. The fourth-order valence-electron chi connectivity index (χ4n) is 1.80. The van der Waals surface area contributed by atoms with Crippen molar-refractivity contribution >= 4 is 0 Å². The van der Waals surface area contributed by atoms with Crippen molar-refractivity contribution in [2.75, 3.05) is 0 Å². The number of benzene rings is 1. The number of aromatic nitrogens is 1. The Balaban J connectivity index is 2.33. The summed E-state index contributed by atoms with van der Waals surface area (Å²) in [5.41, 5.74) is 1.27. The van der Waals surface area contributed by atoms with Crippen LogP contribution in [0, 0.1) is 17.5 Å². The zero-order chi connectivity index (χ0) is 14.7. The van der Waals surface area contributed by atoms with Crippen molar-refractivity contribution in [1.29, 1.82) is 0 Å². The quantitative estimate of drug-likeness (QED) is 0.864. The number of nitrogens with zero attached hydrogens (tertiary/aromatic N) is 1. The van der Waals surface area contributed by atoms with Gasteiger partial charge in [-0.1, -0.05) is 13.8 Å². The van der Waals surface area contributed by atoms with E-state index in [1.165, 1.54) is 6.20 Å². The zero-order valence-corrected chi connectivity index (χ0v) is 11.3. The van der Waals surface area contributed by atoms with Gasteiger partial charge in [0.1, 0.15) is 5.82 Å². The summed E-state index contributed by atoms with van der Waals surface area (Å²) >= 11 is 0. The summed E-state index contributed by atoms with van der Waals surface area (Å²) in [6, 6.07) is 3.40. The van der Waals surface area contributed by atoms with Gasteiger partial charge in [-0.05, 0) is 17.7 Å². The molecule has 0 saturated carbocycles. The van der Waals surface area contributed by atoms with Crippen LogP contribution >= 0.6 is 0 Å². The summed E-state index contributed by atoms with van der Waals surface area (Å²) in [5.74, 6) is -3.08. The van der Waals surface area contributed by atoms with Crippen LogP contribution in [-0.2, 0) is 6.54 Å². The molecule has 2 rings (SSSR count). The topological polar surface area (TPSA) is 24.9 Å². The molecule has 0 fully saturated rings. The summed E-state index contributed by atoms with van der Waals surface area (Å²) in [6.45, 7) is 4.59. The Morgan fingerprint density at radius 3 is 2.40 bits per heavy atom. The molecule has 1 heterocycles. The van der Waals surface area contributed by atoms with E-state index < -0.39 is 17.5 Å². The third-order valence-electron chi connectivity index (χ3n) is 2.83. The van der Waals surface area contributed by atoms with Crippen LogP contribution in [0.15, 0.2) is 30.6 Å². The van der Waals surface area contributed by atoms with Gasteiger partial charge in [0.25, 0.3) is 0 Å². The summed E-state index contributed by atoms with van der Waals surface area (Å²) in [5, 5.41) is 3.21. The number of hydrogen-bond donors (Lipinski definition) is 1. The molecule has 0 atom stereocenters. The highest BCUT2D eigenvalue weighted by atomic mass is 19.2. The molecule has 0 aliphatic carbocycles. The smallest absolute Gasteiger partial charge is 0.161 e. The SMILES string of the molecule is CC(C)NCc1cncc(-c2cc(F)c(F)cc2F)c1. The summed E-state index contributed by atoms with van der Waals surface area (Å²) in [6.07, 6.45) is 3.07. The molecule has 20 heavy (non-hydrogen) atoms. The predicted octanol–water partition coefficient (Wildman–Crippen LogP) is 3.66. The van der Waals surface area contributed by atoms with Crippen LogP contribution in [0.2, 0.25) is 0 Å². The van der Waals surface area contributed by atoms with Gasteiger partial charge >= 0.3 is 0 Å². The second-order valence-electron chi connectivity index (χ2n) is 4.86. The summed E-state index contributed by atoms with van der Waals surface area (Å²) in [7, 11) is 0. The molecule has 0 saturated heterocycles. The minimum Gasteiger partial charge on any atom is -0.310 e. The number of pyridine rings is 1. The molecule has 0 radical (unpaired) electrons. The van der Waals surface area contributed by atoms with E-state index in [0.29, 0.717) is 24.2 Å². The number of nitrogens with one attached hydrogen (secondary N) is 1. The van der Waals surface area contributed by atoms with Crippen molar-refractivity contribution in [2.24, 2.45) is 0 Å². The molecule has 1 aromatic heterocycles. The van der Waals surface area contributed by atoms with Crippen molar-refractivity contribution in [1.82, 2.24) is 10.3 Å². The first-order valence-electron chi connectivity index (χ1n) is 6.29. The lowest BCUT2D eigenvalue weighted by molar-refractivity contribution is 0.496. The molecule has 0 amide bonds. The van der Waals surface area contributed by atoms with Gasteiger partial charge in [0.15, 0.2) is 11.6 Å². The van der Waals surface area contributed by atoms with Crippen molar-refractivity contribution in [2.45, 2.75) is 26.4 Å². The third-order valence-corrected chi connectivity index (χ3v) is 2.83. The highest BCUT2D eigenvalue weighted by Crippen LogP contribution is 2.25. The van der Waals surface area contributed by atoms with Gasteiger partial charge < -0.3 is 5.32 Å². The molecule has 5 heteroatoms. The molecular weight excluding hydrogens is 265 g/mol. The van der Waals surface area contributed by atoms with Gasteiger partial charge in [0.05, 0.1) is 0 Å². The minimum absolute atomic E-state index is 0.00259. The van der Waals surface area contributed by atoms with Gasteiger partial charge in [-0.2, -0.15) is 0 Å². The van der Waals surface area contributed by atoms with Crippen molar-refractivity contribution in [3.63, 3.8) is 0 Å². The van der Waals surface area contributed by atoms with Crippen molar-refractivity contribution in [3.8, 4) is 11.1 Å². The van der Waals surface area contributed by atoms with E-state index in [1.807, 2.05) is 13.8 Å². The normalized spacial score (nSPS) is 11.1. The number of rotatable bonds is 4. The Morgan fingerprint density at radius 2 is 1.70 bits per heavy atom. The van der Waals surface area contributed by atoms with Crippen LogP contribution in [0.4, 0.5) is 13.2 Å². The van der Waals surface area contributed by atoms with Crippen LogP contribution < -0.4 is 5.32 Å². The fourth-order valence-corrected chi connectivity index (χ4v) is 1.80. The van der Waals surface area contributed by atoms with Crippen LogP contribution in [-0.4, -0.2) is 11.0 Å². The lowest BCUT2D eigenvalue weighted by atomic mass is 10.0. The molecule has 1 aromatic carbocycles. The average molecular weight is 280 g/mol. The Kier molecular flexibility index (Phi) is 4.39.